The Balaban J connectivity index is 2.46. The van der Waals surface area contributed by atoms with Gasteiger partial charge in [-0.2, -0.15) is 0 Å². The lowest BCUT2D eigenvalue weighted by Gasteiger charge is -2.24. The van der Waals surface area contributed by atoms with Gasteiger partial charge in [-0.25, -0.2) is 17.9 Å². The minimum atomic E-state index is -4.22. The van der Waals surface area contributed by atoms with Gasteiger partial charge in [0.2, 0.25) is 10.0 Å². The first kappa shape index (κ1) is 16.4. The molecule has 5 nitrogen and oxygen atoms in total. The summed E-state index contributed by atoms with van der Waals surface area (Å²) in [5, 5.41) is 4.98. The summed E-state index contributed by atoms with van der Waals surface area (Å²) in [6, 6.07) is 2.10. The molecule has 1 heterocycles. The molecule has 1 fully saturated rings. The Morgan fingerprint density at radius 3 is 2.76 bits per heavy atom. The topological polar surface area (TPSA) is 80.5 Å². The van der Waals surface area contributed by atoms with Crippen LogP contribution in [0.2, 0.25) is 0 Å². The van der Waals surface area contributed by atoms with Gasteiger partial charge in [-0.15, -0.1) is 0 Å². The number of carbonyl (C=O) groups is 1. The Morgan fingerprint density at radius 2 is 2.19 bits per heavy atom. The van der Waals surface area contributed by atoms with Crippen molar-refractivity contribution in [3.63, 3.8) is 0 Å². The second-order valence-electron chi connectivity index (χ2n) is 5.01. The average Bonchev–Trinajstić information content (AvgIpc) is 2.84. The summed E-state index contributed by atoms with van der Waals surface area (Å²) >= 11 is 3.11. The summed E-state index contributed by atoms with van der Waals surface area (Å²) < 4.78 is 36.7. The van der Waals surface area contributed by atoms with E-state index in [0.29, 0.717) is 6.54 Å². The van der Waals surface area contributed by atoms with Crippen molar-refractivity contribution in [2.24, 2.45) is 5.14 Å². The third-order valence-electron chi connectivity index (χ3n) is 3.67. The van der Waals surface area contributed by atoms with Crippen LogP contribution in [-0.2, 0) is 10.0 Å². The standard InChI is InChI=1S/C13H16BrFN2O3S/c1-2-8-4-3-5-17(8)13(18)9-6-12(21(16,19)20)11(15)7-10(9)14/h6-8H,2-5H2,1H3,(H2,16,19,20). The van der Waals surface area contributed by atoms with Crippen molar-refractivity contribution < 1.29 is 17.6 Å². The lowest BCUT2D eigenvalue weighted by molar-refractivity contribution is 0.0732. The van der Waals surface area contributed by atoms with Gasteiger partial charge in [0.1, 0.15) is 10.7 Å². The molecule has 0 bridgehead atoms. The highest BCUT2D eigenvalue weighted by atomic mass is 79.9. The van der Waals surface area contributed by atoms with Crippen LogP contribution in [0.3, 0.4) is 0 Å². The van der Waals surface area contributed by atoms with E-state index in [9.17, 15) is 17.6 Å². The Hall–Kier alpha value is -0.990. The van der Waals surface area contributed by atoms with Gasteiger partial charge >= 0.3 is 0 Å². The van der Waals surface area contributed by atoms with Crippen LogP contribution in [0, 0.1) is 5.82 Å². The zero-order valence-electron chi connectivity index (χ0n) is 11.5. The zero-order valence-corrected chi connectivity index (χ0v) is 13.9. The van der Waals surface area contributed by atoms with Gasteiger partial charge in [0.05, 0.1) is 5.56 Å². The number of sulfonamides is 1. The molecule has 21 heavy (non-hydrogen) atoms. The molecule has 116 valence electrons. The molecule has 0 radical (unpaired) electrons. The number of amides is 1. The Bertz CT molecular complexity index is 678. The Morgan fingerprint density at radius 1 is 1.52 bits per heavy atom. The first-order chi connectivity index (χ1) is 9.75. The number of likely N-dealkylation sites (tertiary alicyclic amines) is 1. The summed E-state index contributed by atoms with van der Waals surface area (Å²) in [4.78, 5) is 13.6. The lowest BCUT2D eigenvalue weighted by Crippen LogP contribution is -2.35. The van der Waals surface area contributed by atoms with Crippen LogP contribution in [0.5, 0.6) is 0 Å². The van der Waals surface area contributed by atoms with E-state index in [4.69, 9.17) is 5.14 Å². The molecule has 1 amide bonds. The monoisotopic (exact) mass is 378 g/mol. The van der Waals surface area contributed by atoms with Gasteiger partial charge in [-0.05, 0) is 47.3 Å². The molecule has 1 unspecified atom stereocenters. The van der Waals surface area contributed by atoms with Crippen molar-refractivity contribution in [3.8, 4) is 0 Å². The molecule has 1 aliphatic rings. The van der Waals surface area contributed by atoms with Crippen molar-refractivity contribution in [2.45, 2.75) is 37.1 Å². The molecule has 1 aromatic rings. The molecule has 0 saturated carbocycles. The number of hydrogen-bond donors (Lipinski definition) is 1. The van der Waals surface area contributed by atoms with Crippen molar-refractivity contribution in [2.75, 3.05) is 6.54 Å². The molecule has 0 aliphatic carbocycles. The molecule has 1 atom stereocenters. The number of halogens is 2. The number of benzene rings is 1. The number of nitrogens with zero attached hydrogens (tertiary/aromatic N) is 1. The molecule has 1 saturated heterocycles. The van der Waals surface area contributed by atoms with Crippen LogP contribution in [0.1, 0.15) is 36.5 Å². The maximum absolute atomic E-state index is 13.7. The fraction of sp³-hybridized carbons (Fsp3) is 0.462. The summed E-state index contributed by atoms with van der Waals surface area (Å²) in [6.07, 6.45) is 2.65. The van der Waals surface area contributed by atoms with E-state index < -0.39 is 20.7 Å². The van der Waals surface area contributed by atoms with Gasteiger partial charge < -0.3 is 4.90 Å². The minimum Gasteiger partial charge on any atom is -0.336 e. The van der Waals surface area contributed by atoms with Gasteiger partial charge in [0.15, 0.2) is 0 Å². The summed E-state index contributed by atoms with van der Waals surface area (Å²) in [7, 11) is -4.22. The molecule has 8 heteroatoms. The average molecular weight is 379 g/mol. The van der Waals surface area contributed by atoms with Crippen LogP contribution in [0.25, 0.3) is 0 Å². The minimum absolute atomic E-state index is 0.112. The first-order valence-electron chi connectivity index (χ1n) is 6.58. The van der Waals surface area contributed by atoms with E-state index in [0.717, 1.165) is 31.4 Å². The highest BCUT2D eigenvalue weighted by molar-refractivity contribution is 9.10. The smallest absolute Gasteiger partial charge is 0.255 e. The highest BCUT2D eigenvalue weighted by Gasteiger charge is 2.30. The predicted molar refractivity (Wildman–Crippen MR) is 79.8 cm³/mol. The van der Waals surface area contributed by atoms with Gasteiger partial charge in [0.25, 0.3) is 5.91 Å². The second-order valence-corrected chi connectivity index (χ2v) is 7.39. The molecular formula is C13H16BrFN2O3S. The molecule has 2 N–H and O–H groups in total. The van der Waals surface area contributed by atoms with Gasteiger partial charge in [-0.3, -0.25) is 4.79 Å². The van der Waals surface area contributed by atoms with E-state index in [1.807, 2.05) is 6.92 Å². The lowest BCUT2D eigenvalue weighted by atomic mass is 10.1. The van der Waals surface area contributed by atoms with E-state index in [2.05, 4.69) is 15.9 Å². The maximum Gasteiger partial charge on any atom is 0.255 e. The van der Waals surface area contributed by atoms with E-state index in [1.165, 1.54) is 0 Å². The Kier molecular flexibility index (Phi) is 4.69. The molecule has 1 aliphatic heterocycles. The van der Waals surface area contributed by atoms with Crippen molar-refractivity contribution >= 4 is 31.9 Å². The fourth-order valence-electron chi connectivity index (χ4n) is 2.59. The number of rotatable bonds is 3. The Labute approximate surface area is 131 Å². The number of carbonyl (C=O) groups excluding carboxylic acids is 1. The van der Waals surface area contributed by atoms with Crippen LogP contribution < -0.4 is 5.14 Å². The van der Waals surface area contributed by atoms with Gasteiger partial charge in [0, 0.05) is 17.1 Å². The SMILES string of the molecule is CCC1CCCN1C(=O)c1cc(S(N)(=O)=O)c(F)cc1Br. The summed E-state index contributed by atoms with van der Waals surface area (Å²) in [5.41, 5.74) is 0.112. The van der Waals surface area contributed by atoms with Gasteiger partial charge in [-0.1, -0.05) is 6.92 Å². The van der Waals surface area contributed by atoms with Crippen molar-refractivity contribution in [1.29, 1.82) is 0 Å². The summed E-state index contributed by atoms with van der Waals surface area (Å²) in [6.45, 7) is 2.61. The van der Waals surface area contributed by atoms with E-state index in [1.54, 1.807) is 4.90 Å². The van der Waals surface area contributed by atoms with E-state index >= 15 is 0 Å². The normalized spacial score (nSPS) is 19.0. The van der Waals surface area contributed by atoms with Crippen molar-refractivity contribution in [3.05, 3.63) is 28.0 Å². The van der Waals surface area contributed by atoms with Crippen molar-refractivity contribution in [1.82, 2.24) is 4.90 Å². The molecular weight excluding hydrogens is 363 g/mol. The zero-order chi connectivity index (χ0) is 15.8. The maximum atomic E-state index is 13.7. The number of hydrogen-bond acceptors (Lipinski definition) is 3. The quantitative estimate of drug-likeness (QED) is 0.875. The fourth-order valence-corrected chi connectivity index (χ4v) is 3.69. The third kappa shape index (κ3) is 3.27. The first-order valence-corrected chi connectivity index (χ1v) is 8.92. The summed E-state index contributed by atoms with van der Waals surface area (Å²) in [5.74, 6) is -1.29. The van der Waals surface area contributed by atoms with Crippen LogP contribution >= 0.6 is 15.9 Å². The molecule has 1 aromatic carbocycles. The molecule has 0 aromatic heterocycles. The second kappa shape index (κ2) is 6.02. The number of primary sulfonamides is 1. The highest BCUT2D eigenvalue weighted by Crippen LogP contribution is 2.28. The third-order valence-corrected chi connectivity index (χ3v) is 5.25. The molecule has 2 rings (SSSR count). The predicted octanol–water partition coefficient (Wildman–Crippen LogP) is 2.25. The van der Waals surface area contributed by atoms with Crippen LogP contribution in [0.15, 0.2) is 21.5 Å². The van der Waals surface area contributed by atoms with E-state index in [-0.39, 0.29) is 22.0 Å². The van der Waals surface area contributed by atoms with Crippen LogP contribution in [0.4, 0.5) is 4.39 Å². The number of nitrogens with two attached hydrogens (primary N) is 1. The largest absolute Gasteiger partial charge is 0.336 e. The molecule has 0 spiro atoms. The van der Waals surface area contributed by atoms with Crippen LogP contribution in [-0.4, -0.2) is 31.8 Å².